The van der Waals surface area contributed by atoms with Gasteiger partial charge in [-0.2, -0.15) is 0 Å². The maximum absolute atomic E-state index is 12.9. The molecule has 154 valence electrons. The number of carboxylic acid groups (broad SMARTS) is 2. The lowest BCUT2D eigenvalue weighted by molar-refractivity contribution is -0.151. The fourth-order valence-electron chi connectivity index (χ4n) is 4.84. The minimum atomic E-state index is -1.37. The molecule has 0 unspecified atom stereocenters. The third kappa shape index (κ3) is 2.88. The van der Waals surface area contributed by atoms with Gasteiger partial charge in [0.25, 0.3) is 5.91 Å². The van der Waals surface area contributed by atoms with Crippen molar-refractivity contribution in [2.24, 2.45) is 16.7 Å². The summed E-state index contributed by atoms with van der Waals surface area (Å²) in [6.45, 7) is 0.656. The Balaban J connectivity index is 1.39. The zero-order valence-corrected chi connectivity index (χ0v) is 16.4. The first-order valence-electron chi connectivity index (χ1n) is 9.51. The van der Waals surface area contributed by atoms with E-state index in [4.69, 9.17) is 11.6 Å². The lowest BCUT2D eigenvalue weighted by Crippen LogP contribution is -2.45. The van der Waals surface area contributed by atoms with Crippen LogP contribution in [-0.4, -0.2) is 69.9 Å². The van der Waals surface area contributed by atoms with Crippen molar-refractivity contribution in [2.75, 3.05) is 26.2 Å². The molecule has 2 heterocycles. The van der Waals surface area contributed by atoms with Crippen molar-refractivity contribution in [3.8, 4) is 0 Å². The highest BCUT2D eigenvalue weighted by Crippen LogP contribution is 2.68. The number of piperidine rings is 2. The number of hydrogen-bond acceptors (Lipinski definition) is 4. The number of likely N-dealkylation sites (tertiary alicyclic amines) is 2. The van der Waals surface area contributed by atoms with Crippen LogP contribution in [0.4, 0.5) is 0 Å². The molecule has 29 heavy (non-hydrogen) atoms. The summed E-state index contributed by atoms with van der Waals surface area (Å²) < 4.78 is 0. The molecule has 3 fully saturated rings. The van der Waals surface area contributed by atoms with Gasteiger partial charge in [-0.1, -0.05) is 23.7 Å². The van der Waals surface area contributed by atoms with Crippen LogP contribution >= 0.6 is 11.6 Å². The van der Waals surface area contributed by atoms with E-state index < -0.39 is 22.8 Å². The van der Waals surface area contributed by atoms with Gasteiger partial charge in [-0.05, 0) is 31.4 Å². The highest BCUT2D eigenvalue weighted by Gasteiger charge is 2.81. The molecule has 1 aromatic rings. The van der Waals surface area contributed by atoms with E-state index in [0.717, 1.165) is 0 Å². The molecule has 2 N–H and O–H groups in total. The van der Waals surface area contributed by atoms with E-state index in [1.54, 1.807) is 29.2 Å². The molecule has 2 amide bonds. The number of fused-ring (bicyclic) bond motifs is 1. The molecule has 1 aromatic carbocycles. The number of halogens is 1. The highest BCUT2D eigenvalue weighted by atomic mass is 35.5. The molecule has 2 atom stereocenters. The van der Waals surface area contributed by atoms with Gasteiger partial charge in [0.1, 0.15) is 10.8 Å². The van der Waals surface area contributed by atoms with Crippen molar-refractivity contribution in [3.05, 3.63) is 34.9 Å². The van der Waals surface area contributed by atoms with Crippen molar-refractivity contribution < 1.29 is 29.4 Å². The van der Waals surface area contributed by atoms with Crippen molar-refractivity contribution in [1.29, 1.82) is 0 Å². The number of aliphatic carboxylic acids is 2. The third-order valence-corrected chi connectivity index (χ3v) is 7.01. The number of rotatable bonds is 4. The van der Waals surface area contributed by atoms with E-state index in [2.05, 4.69) is 0 Å². The quantitative estimate of drug-likeness (QED) is 0.764. The van der Waals surface area contributed by atoms with Gasteiger partial charge in [0.15, 0.2) is 0 Å². The molecule has 3 aliphatic rings. The van der Waals surface area contributed by atoms with Gasteiger partial charge in [0.05, 0.1) is 10.6 Å². The number of benzene rings is 1. The predicted octanol–water partition coefficient (Wildman–Crippen LogP) is 1.58. The zero-order valence-electron chi connectivity index (χ0n) is 15.6. The molecular formula is C20H21ClN2O6. The molecule has 8 nitrogen and oxygen atoms in total. The van der Waals surface area contributed by atoms with Crippen LogP contribution < -0.4 is 0 Å². The zero-order chi connectivity index (χ0) is 21.0. The van der Waals surface area contributed by atoms with Gasteiger partial charge in [-0.3, -0.25) is 19.2 Å². The first-order chi connectivity index (χ1) is 13.7. The molecule has 0 aromatic heterocycles. The number of carbonyl (C=O) groups is 4. The average molecular weight is 421 g/mol. The standard InChI is InChI=1S/C20H21ClN2O6/c21-14-4-2-1-3-13(14)16(25)22-7-5-12(6-8-22)15(24)23-10-19(17(26)27)9-20(19,11-23)18(28)29/h1-4,12H,5-11H2,(H,26,27)(H,28,29)/t19-,20+. The van der Waals surface area contributed by atoms with E-state index >= 15 is 0 Å². The molecule has 0 radical (unpaired) electrons. The smallest absolute Gasteiger partial charge is 0.312 e. The first-order valence-corrected chi connectivity index (χ1v) is 9.89. The van der Waals surface area contributed by atoms with Crippen molar-refractivity contribution in [2.45, 2.75) is 19.3 Å². The van der Waals surface area contributed by atoms with E-state index in [1.807, 2.05) is 0 Å². The predicted molar refractivity (Wildman–Crippen MR) is 101 cm³/mol. The normalized spacial score (nSPS) is 28.7. The summed E-state index contributed by atoms with van der Waals surface area (Å²) >= 11 is 6.09. The third-order valence-electron chi connectivity index (χ3n) is 6.68. The van der Waals surface area contributed by atoms with Crippen molar-refractivity contribution in [3.63, 3.8) is 0 Å². The lowest BCUT2D eigenvalue weighted by Gasteiger charge is -2.34. The van der Waals surface area contributed by atoms with Crippen LogP contribution in [-0.2, 0) is 14.4 Å². The topological polar surface area (TPSA) is 115 Å². The molecule has 9 heteroatoms. The Hall–Kier alpha value is -2.61. The Morgan fingerprint density at radius 3 is 2.00 bits per heavy atom. The van der Waals surface area contributed by atoms with E-state index in [9.17, 15) is 29.4 Å². The first kappa shape index (κ1) is 19.7. The summed E-state index contributed by atoms with van der Waals surface area (Å²) in [7, 11) is 0. The molecule has 2 aliphatic heterocycles. The van der Waals surface area contributed by atoms with E-state index in [-0.39, 0.29) is 37.2 Å². The second kappa shape index (κ2) is 6.73. The maximum Gasteiger partial charge on any atom is 0.312 e. The largest absolute Gasteiger partial charge is 0.481 e. The number of amides is 2. The van der Waals surface area contributed by atoms with Gasteiger partial charge in [0.2, 0.25) is 5.91 Å². The summed E-state index contributed by atoms with van der Waals surface area (Å²) in [5.41, 5.74) is -2.31. The summed E-state index contributed by atoms with van der Waals surface area (Å²) in [6.07, 6.45) is 0.969. The summed E-state index contributed by atoms with van der Waals surface area (Å²) in [6, 6.07) is 6.80. The second-order valence-electron chi connectivity index (χ2n) is 8.19. The monoisotopic (exact) mass is 420 g/mol. The van der Waals surface area contributed by atoms with Crippen LogP contribution in [0.3, 0.4) is 0 Å². The molecule has 0 spiro atoms. The lowest BCUT2D eigenvalue weighted by atomic mass is 9.94. The fraction of sp³-hybridized carbons (Fsp3) is 0.500. The molecule has 2 saturated heterocycles. The summed E-state index contributed by atoms with van der Waals surface area (Å²) in [4.78, 5) is 51.9. The van der Waals surface area contributed by atoms with Gasteiger partial charge in [-0.25, -0.2) is 0 Å². The minimum absolute atomic E-state index is 0.0633. The number of nitrogens with zero attached hydrogens (tertiary/aromatic N) is 2. The average Bonchev–Trinajstić information content (AvgIpc) is 3.25. The summed E-state index contributed by atoms with van der Waals surface area (Å²) in [5, 5.41) is 19.4. The maximum atomic E-state index is 12.9. The highest BCUT2D eigenvalue weighted by molar-refractivity contribution is 6.33. The Kier molecular flexibility index (Phi) is 4.57. The summed E-state index contributed by atoms with van der Waals surface area (Å²) in [5.74, 6) is -3.06. The van der Waals surface area contributed by atoms with Crippen LogP contribution in [0.25, 0.3) is 0 Å². The van der Waals surface area contributed by atoms with Crippen molar-refractivity contribution >= 4 is 35.4 Å². The van der Waals surface area contributed by atoms with E-state index in [0.29, 0.717) is 36.5 Å². The van der Waals surface area contributed by atoms with E-state index in [1.165, 1.54) is 4.90 Å². The van der Waals surface area contributed by atoms with Gasteiger partial charge in [0, 0.05) is 32.1 Å². The van der Waals surface area contributed by atoms with Crippen LogP contribution in [0.1, 0.15) is 29.6 Å². The molecule has 0 bridgehead atoms. The Morgan fingerprint density at radius 2 is 1.48 bits per heavy atom. The van der Waals surface area contributed by atoms with Crippen LogP contribution in [0.15, 0.2) is 24.3 Å². The van der Waals surface area contributed by atoms with Gasteiger partial charge in [-0.15, -0.1) is 0 Å². The van der Waals surface area contributed by atoms with Crippen LogP contribution in [0.2, 0.25) is 5.02 Å². The molecule has 1 saturated carbocycles. The SMILES string of the molecule is O=C(c1ccccc1Cl)N1CCC(C(=O)N2C[C@@]3(C(=O)O)C[C@@]3(C(=O)O)C2)CC1. The van der Waals surface area contributed by atoms with Crippen molar-refractivity contribution in [1.82, 2.24) is 9.80 Å². The Bertz CT molecular complexity index is 884. The number of carboxylic acids is 2. The number of carbonyl (C=O) groups excluding carboxylic acids is 2. The fourth-order valence-corrected chi connectivity index (χ4v) is 5.05. The van der Waals surface area contributed by atoms with Crippen LogP contribution in [0, 0.1) is 16.7 Å². The van der Waals surface area contributed by atoms with Gasteiger partial charge < -0.3 is 20.0 Å². The number of hydrogen-bond donors (Lipinski definition) is 2. The Morgan fingerprint density at radius 1 is 0.931 bits per heavy atom. The van der Waals surface area contributed by atoms with Gasteiger partial charge >= 0.3 is 11.9 Å². The Labute approximate surface area is 172 Å². The molecular weight excluding hydrogens is 400 g/mol. The second-order valence-corrected chi connectivity index (χ2v) is 8.60. The molecule has 4 rings (SSSR count). The molecule has 1 aliphatic carbocycles. The minimum Gasteiger partial charge on any atom is -0.481 e. The van der Waals surface area contributed by atoms with Crippen LogP contribution in [0.5, 0.6) is 0 Å².